The number of hydrogen-bond acceptors (Lipinski definition) is 4. The molecule has 4 aromatic heterocycles. The molecule has 0 N–H and O–H groups in total. The van der Waals surface area contributed by atoms with E-state index in [1.54, 1.807) is 0 Å². The highest BCUT2D eigenvalue weighted by Gasteiger charge is 2.19. The van der Waals surface area contributed by atoms with Crippen LogP contribution in [-0.2, 0) is 0 Å². The molecule has 0 amide bonds. The highest BCUT2D eigenvalue weighted by molar-refractivity contribution is 6.11. The van der Waals surface area contributed by atoms with E-state index in [0.717, 1.165) is 61.0 Å². The first kappa shape index (κ1) is 31.8. The van der Waals surface area contributed by atoms with Crippen molar-refractivity contribution in [3.8, 4) is 56.8 Å². The normalized spacial score (nSPS) is 11.6. The zero-order valence-electron chi connectivity index (χ0n) is 30.2. The molecule has 11 rings (SSSR count). The summed E-state index contributed by atoms with van der Waals surface area (Å²) in [5.41, 5.74) is 11.6. The van der Waals surface area contributed by atoms with Gasteiger partial charge in [-0.25, -0.2) is 4.98 Å². The minimum Gasteiger partial charge on any atom is -0.309 e. The molecule has 0 saturated heterocycles. The lowest BCUT2D eigenvalue weighted by atomic mass is 10.0. The van der Waals surface area contributed by atoms with Crippen LogP contribution in [0.25, 0.3) is 100 Å². The third-order valence-corrected chi connectivity index (χ3v) is 10.6. The second-order valence-electron chi connectivity index (χ2n) is 14.0. The average molecular weight is 717 g/mol. The number of hydrogen-bond donors (Lipinski definition) is 0. The van der Waals surface area contributed by atoms with Gasteiger partial charge in [-0.15, -0.1) is 0 Å². The maximum Gasteiger partial charge on any atom is 0.238 e. The van der Waals surface area contributed by atoms with Crippen molar-refractivity contribution < 1.29 is 0 Å². The second kappa shape index (κ2) is 13.0. The summed E-state index contributed by atoms with van der Waals surface area (Å²) >= 11 is 0. The lowest BCUT2D eigenvalue weighted by Crippen LogP contribution is -2.06. The highest BCUT2D eigenvalue weighted by Crippen LogP contribution is 2.37. The topological polar surface area (TPSA) is 61.4 Å². The number of benzene rings is 7. The number of fused-ring (bicyclic) bond motifs is 6. The molecule has 0 unspecified atom stereocenters. The van der Waals surface area contributed by atoms with Gasteiger partial charge in [0.15, 0.2) is 11.6 Å². The Balaban J connectivity index is 1.000. The molecule has 56 heavy (non-hydrogen) atoms. The van der Waals surface area contributed by atoms with Crippen molar-refractivity contribution in [3.63, 3.8) is 0 Å². The predicted octanol–water partition coefficient (Wildman–Crippen LogP) is 12.1. The minimum atomic E-state index is 0.572. The maximum absolute atomic E-state index is 5.07. The van der Waals surface area contributed by atoms with Crippen molar-refractivity contribution in [2.24, 2.45) is 0 Å². The van der Waals surface area contributed by atoms with Crippen molar-refractivity contribution >= 4 is 43.6 Å². The molecular formula is C50H32N6. The first-order chi connectivity index (χ1) is 27.8. The Bertz CT molecular complexity index is 3160. The van der Waals surface area contributed by atoms with Gasteiger partial charge in [-0.3, -0.25) is 9.55 Å². The second-order valence-corrected chi connectivity index (χ2v) is 14.0. The molecule has 6 heteroatoms. The van der Waals surface area contributed by atoms with Gasteiger partial charge in [-0.1, -0.05) is 133 Å². The van der Waals surface area contributed by atoms with Crippen LogP contribution in [0.5, 0.6) is 0 Å². The standard InChI is InChI=1S/C50H32N6/c1-4-14-33(15-5-1)48-52-49(34-16-6-2-7-17-34)54-50(53-48)56-45-23-13-11-21-40(45)42-31-36(26-29-47(42)56)43-27-24-37(32-51-43)35-25-28-46-41(30-35)39-20-10-12-22-44(39)55(46)38-18-8-3-9-19-38/h1-32H. The quantitative estimate of drug-likeness (QED) is 0.172. The lowest BCUT2D eigenvalue weighted by Gasteiger charge is -2.11. The van der Waals surface area contributed by atoms with Crippen molar-refractivity contribution in [1.29, 1.82) is 0 Å². The van der Waals surface area contributed by atoms with Crippen LogP contribution in [0.2, 0.25) is 0 Å². The van der Waals surface area contributed by atoms with Crippen molar-refractivity contribution in [3.05, 3.63) is 194 Å². The summed E-state index contributed by atoms with van der Waals surface area (Å²) in [6.07, 6.45) is 1.99. The number of nitrogens with zero attached hydrogens (tertiary/aromatic N) is 6. The van der Waals surface area contributed by atoms with Gasteiger partial charge >= 0.3 is 0 Å². The van der Waals surface area contributed by atoms with Crippen LogP contribution >= 0.6 is 0 Å². The largest absolute Gasteiger partial charge is 0.309 e. The highest BCUT2D eigenvalue weighted by atomic mass is 15.2. The fourth-order valence-corrected chi connectivity index (χ4v) is 7.99. The zero-order valence-corrected chi connectivity index (χ0v) is 30.2. The van der Waals surface area contributed by atoms with Gasteiger partial charge in [-0.05, 0) is 60.2 Å². The molecule has 6 nitrogen and oxygen atoms in total. The molecule has 0 spiro atoms. The fourth-order valence-electron chi connectivity index (χ4n) is 7.99. The van der Waals surface area contributed by atoms with Crippen molar-refractivity contribution in [1.82, 2.24) is 29.1 Å². The molecule has 262 valence electrons. The number of pyridine rings is 1. The maximum atomic E-state index is 5.07. The van der Waals surface area contributed by atoms with Crippen LogP contribution in [0, 0.1) is 0 Å². The molecule has 0 aliphatic carbocycles. The van der Waals surface area contributed by atoms with E-state index >= 15 is 0 Å². The summed E-state index contributed by atoms with van der Waals surface area (Å²) in [4.78, 5) is 20.1. The molecular weight excluding hydrogens is 685 g/mol. The lowest BCUT2D eigenvalue weighted by molar-refractivity contribution is 0.953. The van der Waals surface area contributed by atoms with Gasteiger partial charge in [0.25, 0.3) is 0 Å². The number of rotatable bonds is 6. The van der Waals surface area contributed by atoms with E-state index < -0.39 is 0 Å². The molecule has 0 atom stereocenters. The first-order valence-corrected chi connectivity index (χ1v) is 18.7. The van der Waals surface area contributed by atoms with Crippen LogP contribution in [0.3, 0.4) is 0 Å². The van der Waals surface area contributed by atoms with Crippen LogP contribution in [0.15, 0.2) is 194 Å². The molecule has 4 heterocycles. The van der Waals surface area contributed by atoms with Gasteiger partial charge in [0.05, 0.1) is 27.8 Å². The third kappa shape index (κ3) is 5.27. The van der Waals surface area contributed by atoms with E-state index in [1.807, 2.05) is 66.9 Å². The third-order valence-electron chi connectivity index (χ3n) is 10.6. The summed E-state index contributed by atoms with van der Waals surface area (Å²) in [6, 6.07) is 65.3. The van der Waals surface area contributed by atoms with Crippen LogP contribution < -0.4 is 0 Å². The predicted molar refractivity (Wildman–Crippen MR) is 228 cm³/mol. The van der Waals surface area contributed by atoms with Gasteiger partial charge < -0.3 is 4.57 Å². The molecule has 7 aromatic carbocycles. The van der Waals surface area contributed by atoms with E-state index in [1.165, 1.54) is 21.8 Å². The fraction of sp³-hybridized carbons (Fsp3) is 0. The molecule has 0 fully saturated rings. The summed E-state index contributed by atoms with van der Waals surface area (Å²) in [5, 5.41) is 4.67. The van der Waals surface area contributed by atoms with Crippen LogP contribution in [0.1, 0.15) is 0 Å². The Labute approximate surface area is 322 Å². The molecule has 0 saturated carbocycles. The monoisotopic (exact) mass is 716 g/mol. The van der Waals surface area contributed by atoms with Crippen molar-refractivity contribution in [2.45, 2.75) is 0 Å². The van der Waals surface area contributed by atoms with Crippen LogP contribution in [0.4, 0.5) is 0 Å². The Morgan fingerprint density at radius 3 is 1.41 bits per heavy atom. The molecule has 0 bridgehead atoms. The zero-order chi connectivity index (χ0) is 37.0. The Morgan fingerprint density at radius 1 is 0.321 bits per heavy atom. The average Bonchev–Trinajstić information content (AvgIpc) is 3.79. The van der Waals surface area contributed by atoms with Gasteiger partial charge in [0.1, 0.15) is 0 Å². The minimum absolute atomic E-state index is 0.572. The molecule has 0 aliphatic heterocycles. The summed E-state index contributed by atoms with van der Waals surface area (Å²) in [6.45, 7) is 0. The van der Waals surface area contributed by atoms with Gasteiger partial charge in [-0.2, -0.15) is 9.97 Å². The number of para-hydroxylation sites is 3. The summed E-state index contributed by atoms with van der Waals surface area (Å²) in [5.74, 6) is 1.83. The van der Waals surface area contributed by atoms with Gasteiger partial charge in [0.2, 0.25) is 5.95 Å². The van der Waals surface area contributed by atoms with E-state index in [0.29, 0.717) is 17.6 Å². The van der Waals surface area contributed by atoms with E-state index in [9.17, 15) is 0 Å². The first-order valence-electron chi connectivity index (χ1n) is 18.7. The Morgan fingerprint density at radius 2 is 0.804 bits per heavy atom. The van der Waals surface area contributed by atoms with E-state index in [4.69, 9.17) is 19.9 Å². The van der Waals surface area contributed by atoms with Crippen LogP contribution in [-0.4, -0.2) is 29.1 Å². The Hall–Kier alpha value is -7.70. The molecule has 0 radical (unpaired) electrons. The smallest absolute Gasteiger partial charge is 0.238 e. The SMILES string of the molecule is c1ccc(-c2nc(-c3ccccc3)nc(-n3c4ccccc4c4cc(-c5ccc(-c6ccc7c(c6)c6ccccc6n7-c6ccccc6)cn5)ccc43)n2)cc1. The van der Waals surface area contributed by atoms with E-state index in [2.05, 4.69) is 137 Å². The summed E-state index contributed by atoms with van der Waals surface area (Å²) < 4.78 is 4.49. The van der Waals surface area contributed by atoms with Crippen molar-refractivity contribution in [2.75, 3.05) is 0 Å². The molecule has 11 aromatic rings. The van der Waals surface area contributed by atoms with Gasteiger partial charge in [0, 0.05) is 55.7 Å². The van der Waals surface area contributed by atoms with E-state index in [-0.39, 0.29) is 0 Å². The Kier molecular flexibility index (Phi) is 7.38. The molecule has 0 aliphatic rings. The number of aromatic nitrogens is 6. The summed E-state index contributed by atoms with van der Waals surface area (Å²) in [7, 11) is 0.